The van der Waals surface area contributed by atoms with E-state index in [1.54, 1.807) is 0 Å². The van der Waals surface area contributed by atoms with Crippen molar-refractivity contribution in [1.29, 1.82) is 0 Å². The molecule has 0 fully saturated rings. The second kappa shape index (κ2) is 5.81. The first-order valence-corrected chi connectivity index (χ1v) is 6.99. The Morgan fingerprint density at radius 2 is 2.00 bits per heavy atom. The molecule has 0 aliphatic carbocycles. The van der Waals surface area contributed by atoms with E-state index in [2.05, 4.69) is 35.1 Å². The summed E-state index contributed by atoms with van der Waals surface area (Å²) in [5.74, 6) is -0.375. The molecule has 0 aliphatic heterocycles. The molecule has 2 rings (SSSR count). The normalized spacial score (nSPS) is 11.6. The Bertz CT molecular complexity index is 602. The van der Waals surface area contributed by atoms with E-state index in [-0.39, 0.29) is 11.1 Å². The van der Waals surface area contributed by atoms with Gasteiger partial charge in [0.05, 0.1) is 12.1 Å². The second-order valence-electron chi connectivity index (χ2n) is 5.09. The van der Waals surface area contributed by atoms with Crippen molar-refractivity contribution in [3.8, 4) is 0 Å². The van der Waals surface area contributed by atoms with Crippen molar-refractivity contribution < 1.29 is 14.3 Å². The van der Waals surface area contributed by atoms with Crippen LogP contribution in [-0.4, -0.2) is 11.1 Å². The molecule has 0 saturated carbocycles. The molecule has 1 heterocycles. The fraction of sp³-hybridized carbons (Fsp3) is 0.267. The maximum atomic E-state index is 10.8. The van der Waals surface area contributed by atoms with Crippen molar-refractivity contribution in [2.45, 2.75) is 25.9 Å². The van der Waals surface area contributed by atoms with Crippen molar-refractivity contribution in [3.63, 3.8) is 0 Å². The highest BCUT2D eigenvalue weighted by molar-refractivity contribution is 9.10. The van der Waals surface area contributed by atoms with E-state index in [0.29, 0.717) is 12.3 Å². The molecule has 1 aromatic heterocycles. The molecule has 0 saturated heterocycles. The summed E-state index contributed by atoms with van der Waals surface area (Å²) in [7, 11) is 0. The lowest BCUT2D eigenvalue weighted by Crippen LogP contribution is -2.35. The molecule has 4 nitrogen and oxygen atoms in total. The molecule has 1 aromatic carbocycles. The highest BCUT2D eigenvalue weighted by atomic mass is 79.9. The molecule has 0 aliphatic rings. The van der Waals surface area contributed by atoms with E-state index in [1.807, 2.05) is 24.3 Å². The van der Waals surface area contributed by atoms with Crippen molar-refractivity contribution in [3.05, 3.63) is 58.0 Å². The average molecular weight is 338 g/mol. The third kappa shape index (κ3) is 3.49. The van der Waals surface area contributed by atoms with E-state index < -0.39 is 5.97 Å². The Morgan fingerprint density at radius 3 is 2.55 bits per heavy atom. The smallest absolute Gasteiger partial charge is 0.338 e. The molecule has 106 valence electrons. The third-order valence-corrected chi connectivity index (χ3v) is 3.70. The van der Waals surface area contributed by atoms with Crippen molar-refractivity contribution in [1.82, 2.24) is 5.32 Å². The molecule has 0 radical (unpaired) electrons. The number of aromatic carboxylic acids is 1. The number of furan rings is 1. The van der Waals surface area contributed by atoms with Gasteiger partial charge in [-0.25, -0.2) is 4.79 Å². The minimum Gasteiger partial charge on any atom is -0.478 e. The number of halogens is 1. The zero-order valence-electron chi connectivity index (χ0n) is 11.3. The van der Waals surface area contributed by atoms with Crippen molar-refractivity contribution >= 4 is 21.9 Å². The third-order valence-electron chi connectivity index (χ3n) is 3.17. The minimum atomic E-state index is -0.979. The standard InChI is InChI=1S/C15H16BrNO3/c1-15(2,11-3-5-12(16)6-4-11)17-8-13-7-10(9-20-13)14(18)19/h3-7,9,17H,8H2,1-2H3,(H,18,19). The van der Waals surface area contributed by atoms with Gasteiger partial charge < -0.3 is 14.8 Å². The van der Waals surface area contributed by atoms with Gasteiger partial charge >= 0.3 is 5.97 Å². The number of rotatable bonds is 5. The number of benzene rings is 1. The number of carboxylic acids is 1. The molecule has 0 atom stereocenters. The van der Waals surface area contributed by atoms with Gasteiger partial charge in [0, 0.05) is 10.0 Å². The van der Waals surface area contributed by atoms with Gasteiger partial charge in [-0.3, -0.25) is 0 Å². The summed E-state index contributed by atoms with van der Waals surface area (Å²) in [6.07, 6.45) is 1.26. The predicted octanol–water partition coefficient (Wildman–Crippen LogP) is 3.77. The summed E-state index contributed by atoms with van der Waals surface area (Å²) >= 11 is 3.41. The molecule has 0 unspecified atom stereocenters. The van der Waals surface area contributed by atoms with E-state index in [0.717, 1.165) is 10.0 Å². The molecule has 0 bridgehead atoms. The van der Waals surface area contributed by atoms with Crippen LogP contribution in [0.1, 0.15) is 35.5 Å². The van der Waals surface area contributed by atoms with Gasteiger partial charge in [0.1, 0.15) is 12.0 Å². The second-order valence-corrected chi connectivity index (χ2v) is 6.01. The number of hydrogen-bond acceptors (Lipinski definition) is 3. The van der Waals surface area contributed by atoms with Crippen LogP contribution in [0.25, 0.3) is 0 Å². The zero-order valence-corrected chi connectivity index (χ0v) is 12.9. The van der Waals surface area contributed by atoms with Crippen molar-refractivity contribution in [2.75, 3.05) is 0 Å². The highest BCUT2D eigenvalue weighted by Gasteiger charge is 2.20. The van der Waals surface area contributed by atoms with Crippen LogP contribution in [0, 0.1) is 0 Å². The Kier molecular flexibility index (Phi) is 4.30. The van der Waals surface area contributed by atoms with Gasteiger partial charge in [0.15, 0.2) is 0 Å². The number of carboxylic acid groups (broad SMARTS) is 1. The lowest BCUT2D eigenvalue weighted by atomic mass is 9.94. The maximum absolute atomic E-state index is 10.8. The van der Waals surface area contributed by atoms with Crippen LogP contribution in [0.5, 0.6) is 0 Å². The monoisotopic (exact) mass is 337 g/mol. The Balaban J connectivity index is 2.04. The van der Waals surface area contributed by atoms with Gasteiger partial charge in [-0.15, -0.1) is 0 Å². The fourth-order valence-corrected chi connectivity index (χ4v) is 2.13. The lowest BCUT2D eigenvalue weighted by molar-refractivity contribution is 0.0696. The molecule has 5 heteroatoms. The van der Waals surface area contributed by atoms with Crippen LogP contribution in [-0.2, 0) is 12.1 Å². The number of nitrogens with one attached hydrogen (secondary N) is 1. The van der Waals surface area contributed by atoms with Gasteiger partial charge in [-0.1, -0.05) is 28.1 Å². The van der Waals surface area contributed by atoms with Gasteiger partial charge in [0.2, 0.25) is 0 Å². The molecule has 0 amide bonds. The maximum Gasteiger partial charge on any atom is 0.338 e. The van der Waals surface area contributed by atoms with Crippen LogP contribution in [0.4, 0.5) is 0 Å². The summed E-state index contributed by atoms with van der Waals surface area (Å²) in [6.45, 7) is 4.60. The number of carbonyl (C=O) groups is 1. The molecule has 20 heavy (non-hydrogen) atoms. The first-order valence-electron chi connectivity index (χ1n) is 6.20. The summed E-state index contributed by atoms with van der Waals surface area (Å²) < 4.78 is 6.26. The molecular weight excluding hydrogens is 322 g/mol. The zero-order chi connectivity index (χ0) is 14.8. The quantitative estimate of drug-likeness (QED) is 0.871. The van der Waals surface area contributed by atoms with Crippen molar-refractivity contribution in [2.24, 2.45) is 0 Å². The van der Waals surface area contributed by atoms with Crippen LogP contribution >= 0.6 is 15.9 Å². The van der Waals surface area contributed by atoms with Gasteiger partial charge in [-0.2, -0.15) is 0 Å². The molecule has 0 spiro atoms. The summed E-state index contributed by atoms with van der Waals surface area (Å²) in [6, 6.07) is 9.61. The Labute approximate surface area is 125 Å². The van der Waals surface area contributed by atoms with E-state index in [1.165, 1.54) is 12.3 Å². The topological polar surface area (TPSA) is 62.5 Å². The predicted molar refractivity (Wildman–Crippen MR) is 79.7 cm³/mol. The first-order chi connectivity index (χ1) is 9.38. The summed E-state index contributed by atoms with van der Waals surface area (Å²) in [5, 5.41) is 12.2. The van der Waals surface area contributed by atoms with E-state index in [9.17, 15) is 4.79 Å². The van der Waals surface area contributed by atoms with Crippen LogP contribution in [0.2, 0.25) is 0 Å². The van der Waals surface area contributed by atoms with Gasteiger partial charge in [0.25, 0.3) is 0 Å². The van der Waals surface area contributed by atoms with Gasteiger partial charge in [-0.05, 0) is 37.6 Å². The Morgan fingerprint density at radius 1 is 1.35 bits per heavy atom. The summed E-state index contributed by atoms with van der Waals surface area (Å²) in [4.78, 5) is 10.8. The van der Waals surface area contributed by atoms with E-state index >= 15 is 0 Å². The fourth-order valence-electron chi connectivity index (χ4n) is 1.86. The highest BCUT2D eigenvalue weighted by Crippen LogP contribution is 2.23. The molecule has 2 aromatic rings. The lowest BCUT2D eigenvalue weighted by Gasteiger charge is -2.26. The SMILES string of the molecule is CC(C)(NCc1cc(C(=O)O)co1)c1ccc(Br)cc1. The van der Waals surface area contributed by atoms with Crippen LogP contribution in [0.3, 0.4) is 0 Å². The van der Waals surface area contributed by atoms with Crippen LogP contribution in [0.15, 0.2) is 45.5 Å². The average Bonchev–Trinajstić information content (AvgIpc) is 2.86. The largest absolute Gasteiger partial charge is 0.478 e. The minimum absolute atomic E-state index is 0.170. The molecule has 2 N–H and O–H groups in total. The molecular formula is C15H16BrNO3. The Hall–Kier alpha value is -1.59. The van der Waals surface area contributed by atoms with Crippen LogP contribution < -0.4 is 5.32 Å². The summed E-state index contributed by atoms with van der Waals surface area (Å²) in [5.41, 5.74) is 1.07. The number of hydrogen-bond donors (Lipinski definition) is 2. The van der Waals surface area contributed by atoms with E-state index in [4.69, 9.17) is 9.52 Å². The first kappa shape index (κ1) is 14.8.